The van der Waals surface area contributed by atoms with Crippen LogP contribution in [-0.2, 0) is 6.42 Å². The van der Waals surface area contributed by atoms with E-state index in [0.29, 0.717) is 5.02 Å². The van der Waals surface area contributed by atoms with Gasteiger partial charge in [0, 0.05) is 6.21 Å². The molecule has 18 heavy (non-hydrogen) atoms. The van der Waals surface area contributed by atoms with Crippen LogP contribution in [0.5, 0.6) is 0 Å². The highest BCUT2D eigenvalue weighted by Crippen LogP contribution is 2.19. The highest BCUT2D eigenvalue weighted by atomic mass is 35.5. The SMILES string of the molecule is Clc1ccccc1N/N=C\CCc1ccccc1. The maximum Gasteiger partial charge on any atom is 0.0747 e. The van der Waals surface area contributed by atoms with E-state index in [0.717, 1.165) is 18.5 Å². The van der Waals surface area contributed by atoms with Gasteiger partial charge in [0.15, 0.2) is 0 Å². The predicted molar refractivity (Wildman–Crippen MR) is 78.3 cm³/mol. The first kappa shape index (κ1) is 12.7. The molecule has 0 aliphatic rings. The summed E-state index contributed by atoms with van der Waals surface area (Å²) in [6.07, 6.45) is 3.77. The van der Waals surface area contributed by atoms with Crippen molar-refractivity contribution in [1.29, 1.82) is 0 Å². The summed E-state index contributed by atoms with van der Waals surface area (Å²) in [5.74, 6) is 0. The molecule has 0 atom stereocenters. The van der Waals surface area contributed by atoms with Gasteiger partial charge in [-0.15, -0.1) is 0 Å². The average molecular weight is 259 g/mol. The van der Waals surface area contributed by atoms with Crippen molar-refractivity contribution < 1.29 is 0 Å². The molecule has 0 bridgehead atoms. The van der Waals surface area contributed by atoms with Gasteiger partial charge in [-0.1, -0.05) is 54.1 Å². The number of nitrogens with zero attached hydrogens (tertiary/aromatic N) is 1. The standard InChI is InChI=1S/C15H15ClN2/c16-14-10-4-5-11-15(14)18-17-12-6-9-13-7-2-1-3-8-13/h1-5,7-8,10-12,18H,6,9H2/b17-12-. The molecule has 1 N–H and O–H groups in total. The summed E-state index contributed by atoms with van der Waals surface area (Å²) >= 11 is 6.00. The monoisotopic (exact) mass is 258 g/mol. The Morgan fingerprint density at radius 2 is 1.72 bits per heavy atom. The molecule has 2 aromatic rings. The number of hydrogen-bond donors (Lipinski definition) is 1. The van der Waals surface area contributed by atoms with E-state index in [1.807, 2.05) is 36.5 Å². The fourth-order valence-electron chi connectivity index (χ4n) is 1.61. The third kappa shape index (κ3) is 3.90. The Morgan fingerprint density at radius 1 is 1.00 bits per heavy atom. The molecule has 0 radical (unpaired) electrons. The molecule has 3 heteroatoms. The van der Waals surface area contributed by atoms with Gasteiger partial charge in [0.2, 0.25) is 0 Å². The molecule has 0 saturated carbocycles. The Labute approximate surface area is 112 Å². The third-order valence-corrected chi connectivity index (χ3v) is 2.88. The van der Waals surface area contributed by atoms with Crippen LogP contribution in [0.1, 0.15) is 12.0 Å². The van der Waals surface area contributed by atoms with Crippen LogP contribution in [0.2, 0.25) is 5.02 Å². The average Bonchev–Trinajstić information content (AvgIpc) is 2.42. The van der Waals surface area contributed by atoms with Gasteiger partial charge >= 0.3 is 0 Å². The molecular formula is C15H15ClN2. The van der Waals surface area contributed by atoms with Crippen molar-refractivity contribution in [2.75, 3.05) is 5.43 Å². The minimum Gasteiger partial charge on any atom is -0.277 e. The Morgan fingerprint density at radius 3 is 2.50 bits per heavy atom. The molecule has 0 unspecified atom stereocenters. The van der Waals surface area contributed by atoms with Gasteiger partial charge in [0.25, 0.3) is 0 Å². The van der Waals surface area contributed by atoms with Crippen molar-refractivity contribution in [2.24, 2.45) is 5.10 Å². The third-order valence-electron chi connectivity index (χ3n) is 2.56. The molecule has 0 aliphatic carbocycles. The zero-order chi connectivity index (χ0) is 12.6. The number of hydrogen-bond acceptors (Lipinski definition) is 2. The Kier molecular flexibility index (Phi) is 4.79. The lowest BCUT2D eigenvalue weighted by Gasteiger charge is -2.01. The molecule has 0 spiro atoms. The van der Waals surface area contributed by atoms with E-state index in [9.17, 15) is 0 Å². The maximum absolute atomic E-state index is 6.00. The number of halogens is 1. The molecule has 0 amide bonds. The topological polar surface area (TPSA) is 24.4 Å². The van der Waals surface area contributed by atoms with Crippen molar-refractivity contribution in [3.05, 3.63) is 65.2 Å². The van der Waals surface area contributed by atoms with Crippen LogP contribution in [0.25, 0.3) is 0 Å². The summed E-state index contributed by atoms with van der Waals surface area (Å²) < 4.78 is 0. The molecule has 2 rings (SSSR count). The predicted octanol–water partition coefficient (Wildman–Crippen LogP) is 4.37. The van der Waals surface area contributed by atoms with Crippen LogP contribution in [0.15, 0.2) is 59.7 Å². The Balaban J connectivity index is 1.78. The van der Waals surface area contributed by atoms with Crippen molar-refractivity contribution in [1.82, 2.24) is 0 Å². The number of para-hydroxylation sites is 1. The fraction of sp³-hybridized carbons (Fsp3) is 0.133. The summed E-state index contributed by atoms with van der Waals surface area (Å²) in [6.45, 7) is 0. The van der Waals surface area contributed by atoms with Gasteiger partial charge in [-0.2, -0.15) is 5.10 Å². The molecule has 0 aromatic heterocycles. The second kappa shape index (κ2) is 6.82. The van der Waals surface area contributed by atoms with Crippen molar-refractivity contribution >= 4 is 23.5 Å². The summed E-state index contributed by atoms with van der Waals surface area (Å²) in [7, 11) is 0. The summed E-state index contributed by atoms with van der Waals surface area (Å²) in [4.78, 5) is 0. The number of hydrazone groups is 1. The van der Waals surface area contributed by atoms with E-state index < -0.39 is 0 Å². The number of benzene rings is 2. The van der Waals surface area contributed by atoms with Crippen LogP contribution in [0.3, 0.4) is 0 Å². The van der Waals surface area contributed by atoms with Gasteiger partial charge in [0.1, 0.15) is 0 Å². The lowest BCUT2D eigenvalue weighted by Crippen LogP contribution is -1.91. The minimum atomic E-state index is 0.678. The molecule has 0 heterocycles. The van der Waals surface area contributed by atoms with E-state index in [1.165, 1.54) is 5.56 Å². The van der Waals surface area contributed by atoms with Crippen LogP contribution in [0.4, 0.5) is 5.69 Å². The normalized spacial score (nSPS) is 10.7. The molecule has 2 aromatic carbocycles. The Bertz CT molecular complexity index is 509. The van der Waals surface area contributed by atoms with E-state index in [1.54, 1.807) is 0 Å². The maximum atomic E-state index is 6.00. The zero-order valence-corrected chi connectivity index (χ0v) is 10.8. The number of nitrogens with one attached hydrogen (secondary N) is 1. The highest BCUT2D eigenvalue weighted by molar-refractivity contribution is 6.33. The molecule has 92 valence electrons. The fourth-order valence-corrected chi connectivity index (χ4v) is 1.79. The second-order valence-corrected chi connectivity index (χ2v) is 4.33. The first-order chi connectivity index (χ1) is 8.86. The van der Waals surface area contributed by atoms with Crippen molar-refractivity contribution in [3.63, 3.8) is 0 Å². The largest absolute Gasteiger partial charge is 0.277 e. The summed E-state index contributed by atoms with van der Waals surface area (Å²) in [6, 6.07) is 17.9. The smallest absolute Gasteiger partial charge is 0.0747 e. The van der Waals surface area contributed by atoms with E-state index in [2.05, 4.69) is 34.8 Å². The first-order valence-corrected chi connectivity index (χ1v) is 6.30. The van der Waals surface area contributed by atoms with Gasteiger partial charge in [-0.3, -0.25) is 5.43 Å². The van der Waals surface area contributed by atoms with Gasteiger partial charge < -0.3 is 0 Å². The second-order valence-electron chi connectivity index (χ2n) is 3.93. The lowest BCUT2D eigenvalue weighted by molar-refractivity contribution is 1.05. The van der Waals surface area contributed by atoms with Crippen LogP contribution >= 0.6 is 11.6 Å². The van der Waals surface area contributed by atoms with Gasteiger partial charge in [-0.25, -0.2) is 0 Å². The molecule has 2 nitrogen and oxygen atoms in total. The molecule has 0 aliphatic heterocycles. The molecular weight excluding hydrogens is 244 g/mol. The lowest BCUT2D eigenvalue weighted by atomic mass is 10.1. The van der Waals surface area contributed by atoms with E-state index in [-0.39, 0.29) is 0 Å². The van der Waals surface area contributed by atoms with Crippen LogP contribution in [-0.4, -0.2) is 6.21 Å². The van der Waals surface area contributed by atoms with Gasteiger partial charge in [0.05, 0.1) is 10.7 Å². The first-order valence-electron chi connectivity index (χ1n) is 5.92. The van der Waals surface area contributed by atoms with E-state index in [4.69, 9.17) is 11.6 Å². The number of anilines is 1. The molecule has 0 fully saturated rings. The quantitative estimate of drug-likeness (QED) is 0.625. The minimum absolute atomic E-state index is 0.678. The Hall–Kier alpha value is -1.80. The van der Waals surface area contributed by atoms with Crippen molar-refractivity contribution in [3.8, 4) is 0 Å². The summed E-state index contributed by atoms with van der Waals surface area (Å²) in [5, 5.41) is 4.84. The molecule has 0 saturated heterocycles. The van der Waals surface area contributed by atoms with Crippen LogP contribution < -0.4 is 5.43 Å². The highest BCUT2D eigenvalue weighted by Gasteiger charge is 1.94. The van der Waals surface area contributed by atoms with E-state index >= 15 is 0 Å². The summed E-state index contributed by atoms with van der Waals surface area (Å²) in [5.41, 5.74) is 5.09. The van der Waals surface area contributed by atoms with Gasteiger partial charge in [-0.05, 0) is 30.5 Å². The number of rotatable bonds is 5. The number of aryl methyl sites for hydroxylation is 1. The van der Waals surface area contributed by atoms with Crippen molar-refractivity contribution in [2.45, 2.75) is 12.8 Å². The van der Waals surface area contributed by atoms with Crippen LogP contribution in [0, 0.1) is 0 Å². The zero-order valence-electron chi connectivity index (χ0n) is 10.0.